The Morgan fingerprint density at radius 2 is 1.62 bits per heavy atom. The summed E-state index contributed by atoms with van der Waals surface area (Å²) in [5, 5.41) is 11.0. The second kappa shape index (κ2) is 6.58. The van der Waals surface area contributed by atoms with Gasteiger partial charge in [0.25, 0.3) is 5.69 Å². The molecule has 0 amide bonds. The highest BCUT2D eigenvalue weighted by molar-refractivity contribution is 5.61. The van der Waals surface area contributed by atoms with Gasteiger partial charge in [0.05, 0.1) is 4.92 Å². The Hall–Kier alpha value is -3.08. The Kier molecular flexibility index (Phi) is 4.33. The van der Waals surface area contributed by atoms with Gasteiger partial charge in [-0.05, 0) is 25.0 Å². The number of hydrogen-bond acceptors (Lipinski definition) is 4. The zero-order valence-corrected chi connectivity index (χ0v) is 13.6. The molecule has 0 saturated heterocycles. The zero-order chi connectivity index (χ0) is 17.1. The van der Waals surface area contributed by atoms with Crippen molar-refractivity contribution < 1.29 is 4.92 Å². The molecule has 0 N–H and O–H groups in total. The van der Waals surface area contributed by atoms with Crippen molar-refractivity contribution in [2.75, 3.05) is 0 Å². The van der Waals surface area contributed by atoms with Crippen LogP contribution in [0.2, 0.25) is 0 Å². The lowest BCUT2D eigenvalue weighted by Gasteiger charge is -2.05. The van der Waals surface area contributed by atoms with Crippen LogP contribution in [-0.4, -0.2) is 14.9 Å². The second-order valence-electron chi connectivity index (χ2n) is 5.81. The summed E-state index contributed by atoms with van der Waals surface area (Å²) in [5.41, 5.74) is 4.84. The van der Waals surface area contributed by atoms with E-state index in [0.29, 0.717) is 17.8 Å². The molecule has 1 heterocycles. The van der Waals surface area contributed by atoms with Gasteiger partial charge < -0.3 is 0 Å². The largest absolute Gasteiger partial charge is 0.272 e. The third-order valence-corrected chi connectivity index (χ3v) is 3.92. The molecule has 0 aliphatic carbocycles. The van der Waals surface area contributed by atoms with E-state index in [9.17, 15) is 10.1 Å². The summed E-state index contributed by atoms with van der Waals surface area (Å²) in [7, 11) is 0. The number of nitro benzene ring substituents is 1. The first-order valence-electron chi connectivity index (χ1n) is 7.65. The smallest absolute Gasteiger partial charge is 0.258 e. The summed E-state index contributed by atoms with van der Waals surface area (Å²) in [4.78, 5) is 19.4. The number of benzene rings is 2. The molecule has 0 aliphatic heterocycles. The molecule has 5 nitrogen and oxygen atoms in total. The van der Waals surface area contributed by atoms with Crippen molar-refractivity contribution in [2.45, 2.75) is 20.3 Å². The molecule has 0 aliphatic rings. The maximum Gasteiger partial charge on any atom is 0.272 e. The van der Waals surface area contributed by atoms with E-state index in [2.05, 4.69) is 22.1 Å². The monoisotopic (exact) mass is 319 g/mol. The predicted molar refractivity (Wildman–Crippen MR) is 92.8 cm³/mol. The van der Waals surface area contributed by atoms with Crippen LogP contribution >= 0.6 is 0 Å². The highest BCUT2D eigenvalue weighted by atomic mass is 16.6. The summed E-state index contributed by atoms with van der Waals surface area (Å²) < 4.78 is 0. The number of hydrogen-bond donors (Lipinski definition) is 0. The van der Waals surface area contributed by atoms with E-state index in [0.717, 1.165) is 16.7 Å². The first-order valence-corrected chi connectivity index (χ1v) is 7.65. The van der Waals surface area contributed by atoms with E-state index >= 15 is 0 Å². The number of nitrogens with zero attached hydrogens (tertiary/aromatic N) is 3. The highest BCUT2D eigenvalue weighted by Crippen LogP contribution is 2.21. The fourth-order valence-corrected chi connectivity index (χ4v) is 2.49. The van der Waals surface area contributed by atoms with Crippen LogP contribution in [0.5, 0.6) is 0 Å². The van der Waals surface area contributed by atoms with Gasteiger partial charge in [-0.15, -0.1) is 0 Å². The lowest BCUT2D eigenvalue weighted by Crippen LogP contribution is -1.99. The van der Waals surface area contributed by atoms with Crippen molar-refractivity contribution >= 4 is 5.69 Å². The van der Waals surface area contributed by atoms with Crippen LogP contribution < -0.4 is 0 Å². The Balaban J connectivity index is 1.80. The van der Waals surface area contributed by atoms with Crippen molar-refractivity contribution in [1.82, 2.24) is 9.97 Å². The van der Waals surface area contributed by atoms with E-state index in [1.54, 1.807) is 31.5 Å². The second-order valence-corrected chi connectivity index (χ2v) is 5.81. The van der Waals surface area contributed by atoms with Crippen LogP contribution in [0, 0.1) is 24.0 Å². The molecule has 5 heteroatoms. The van der Waals surface area contributed by atoms with Gasteiger partial charge in [0, 0.05) is 36.0 Å². The first-order chi connectivity index (χ1) is 11.5. The van der Waals surface area contributed by atoms with Crippen LogP contribution in [0.1, 0.15) is 22.5 Å². The summed E-state index contributed by atoms with van der Waals surface area (Å²) >= 11 is 0. The van der Waals surface area contributed by atoms with Crippen LogP contribution in [0.3, 0.4) is 0 Å². The van der Waals surface area contributed by atoms with E-state index in [4.69, 9.17) is 0 Å². The lowest BCUT2D eigenvalue weighted by atomic mass is 10.1. The number of nitro groups is 1. The van der Waals surface area contributed by atoms with Crippen LogP contribution in [-0.2, 0) is 6.42 Å². The van der Waals surface area contributed by atoms with Gasteiger partial charge in [-0.3, -0.25) is 10.1 Å². The van der Waals surface area contributed by atoms with Gasteiger partial charge in [-0.1, -0.05) is 42.0 Å². The van der Waals surface area contributed by atoms with Crippen molar-refractivity contribution in [3.63, 3.8) is 0 Å². The molecule has 0 saturated carbocycles. The Labute approximate surface area is 140 Å². The van der Waals surface area contributed by atoms with Gasteiger partial charge in [-0.2, -0.15) is 0 Å². The molecule has 0 fully saturated rings. The zero-order valence-electron chi connectivity index (χ0n) is 13.6. The van der Waals surface area contributed by atoms with Gasteiger partial charge in [-0.25, -0.2) is 9.97 Å². The summed E-state index contributed by atoms with van der Waals surface area (Å²) in [5.74, 6) is 0.643. The highest BCUT2D eigenvalue weighted by Gasteiger charge is 2.12. The Bertz CT molecular complexity index is 872. The average molecular weight is 319 g/mol. The van der Waals surface area contributed by atoms with E-state index < -0.39 is 0 Å². The molecular weight excluding hydrogens is 302 g/mol. The predicted octanol–water partition coefficient (Wildman–Crippen LogP) is 4.26. The van der Waals surface area contributed by atoms with E-state index in [-0.39, 0.29) is 10.6 Å². The van der Waals surface area contributed by atoms with Crippen LogP contribution in [0.4, 0.5) is 5.69 Å². The average Bonchev–Trinajstić information content (AvgIpc) is 2.58. The normalized spacial score (nSPS) is 10.6. The topological polar surface area (TPSA) is 68.9 Å². The van der Waals surface area contributed by atoms with Crippen LogP contribution in [0.15, 0.2) is 54.9 Å². The fourth-order valence-electron chi connectivity index (χ4n) is 2.49. The maximum atomic E-state index is 11.0. The molecule has 0 spiro atoms. The van der Waals surface area contributed by atoms with Crippen molar-refractivity contribution in [3.8, 4) is 11.1 Å². The number of aryl methyl sites for hydroxylation is 2. The van der Waals surface area contributed by atoms with Crippen molar-refractivity contribution in [1.29, 1.82) is 0 Å². The molecule has 1 aromatic heterocycles. The molecule has 24 heavy (non-hydrogen) atoms. The Morgan fingerprint density at radius 3 is 2.25 bits per heavy atom. The molecule has 2 aromatic carbocycles. The van der Waals surface area contributed by atoms with Gasteiger partial charge >= 0.3 is 0 Å². The molecule has 0 radical (unpaired) electrons. The molecular formula is C19H17N3O2. The maximum absolute atomic E-state index is 11.0. The molecule has 3 rings (SSSR count). The quantitative estimate of drug-likeness (QED) is 0.532. The van der Waals surface area contributed by atoms with E-state index in [1.165, 1.54) is 5.56 Å². The van der Waals surface area contributed by atoms with E-state index in [1.807, 2.05) is 25.1 Å². The summed E-state index contributed by atoms with van der Waals surface area (Å²) in [6, 6.07) is 13.4. The number of aromatic nitrogens is 2. The minimum absolute atomic E-state index is 0.128. The van der Waals surface area contributed by atoms with Crippen molar-refractivity contribution in [3.05, 3.63) is 87.5 Å². The standard InChI is InChI=1S/C19H17N3O2/c1-13-3-7-16(8-4-13)17-11-20-19(21-12-17)10-15-6-5-14(2)18(9-15)22(23)24/h3-9,11-12H,10H2,1-2H3. The molecule has 0 bridgehead atoms. The first kappa shape index (κ1) is 15.8. The minimum atomic E-state index is -0.361. The summed E-state index contributed by atoms with van der Waals surface area (Å²) in [6.45, 7) is 3.78. The third kappa shape index (κ3) is 3.46. The minimum Gasteiger partial charge on any atom is -0.258 e. The van der Waals surface area contributed by atoms with Crippen molar-refractivity contribution in [2.24, 2.45) is 0 Å². The van der Waals surface area contributed by atoms with Gasteiger partial charge in [0.15, 0.2) is 0 Å². The molecule has 0 unspecified atom stereocenters. The fraction of sp³-hybridized carbons (Fsp3) is 0.158. The SMILES string of the molecule is Cc1ccc(-c2cnc(Cc3ccc(C)c([N+](=O)[O-])c3)nc2)cc1. The molecule has 0 atom stereocenters. The third-order valence-electron chi connectivity index (χ3n) is 3.92. The van der Waals surface area contributed by atoms with Crippen LogP contribution in [0.25, 0.3) is 11.1 Å². The van der Waals surface area contributed by atoms with Gasteiger partial charge in [0.2, 0.25) is 0 Å². The molecule has 3 aromatic rings. The summed E-state index contributed by atoms with van der Waals surface area (Å²) in [6.07, 6.45) is 4.04. The van der Waals surface area contributed by atoms with Gasteiger partial charge in [0.1, 0.15) is 5.82 Å². The lowest BCUT2D eigenvalue weighted by molar-refractivity contribution is -0.385. The number of rotatable bonds is 4. The molecule has 120 valence electrons. The Morgan fingerprint density at radius 1 is 0.958 bits per heavy atom.